The van der Waals surface area contributed by atoms with Crippen molar-refractivity contribution in [3.05, 3.63) is 60.4 Å². The zero-order valence-electron chi connectivity index (χ0n) is 11.0. The number of furan rings is 1. The summed E-state index contributed by atoms with van der Waals surface area (Å²) < 4.78 is 18.7. The second kappa shape index (κ2) is 6.00. The Hall–Kier alpha value is -2.96. The Bertz CT molecular complexity index is 717. The largest absolute Gasteiger partial charge is 0.467 e. The Morgan fingerprint density at radius 2 is 2.05 bits per heavy atom. The van der Waals surface area contributed by atoms with Crippen molar-refractivity contribution in [3.8, 4) is 0 Å². The van der Waals surface area contributed by atoms with E-state index in [1.54, 1.807) is 30.5 Å². The van der Waals surface area contributed by atoms with Gasteiger partial charge in [-0.3, -0.25) is 0 Å². The molecule has 3 rings (SSSR count). The Kier molecular flexibility index (Phi) is 3.72. The van der Waals surface area contributed by atoms with Gasteiger partial charge in [0.2, 0.25) is 5.95 Å². The molecule has 0 atom stereocenters. The fraction of sp³-hybridized carbons (Fsp3) is 0.0714. The van der Waals surface area contributed by atoms with Crippen LogP contribution in [-0.2, 0) is 6.54 Å². The lowest BCUT2D eigenvalue weighted by atomic mass is 10.3. The lowest BCUT2D eigenvalue weighted by Gasteiger charge is -2.07. The van der Waals surface area contributed by atoms with Crippen LogP contribution in [0.5, 0.6) is 0 Å². The highest BCUT2D eigenvalue weighted by molar-refractivity contribution is 5.56. The molecule has 106 valence electrons. The van der Waals surface area contributed by atoms with Gasteiger partial charge in [-0.15, -0.1) is 5.10 Å². The Labute approximate surface area is 120 Å². The molecule has 0 spiro atoms. The quantitative estimate of drug-likeness (QED) is 0.750. The number of para-hydroxylation sites is 1. The maximum atomic E-state index is 13.6. The van der Waals surface area contributed by atoms with Crippen LogP contribution >= 0.6 is 0 Å². The van der Waals surface area contributed by atoms with Crippen LogP contribution in [0.2, 0.25) is 0 Å². The number of aromatic nitrogens is 3. The monoisotopic (exact) mass is 285 g/mol. The predicted octanol–water partition coefficient (Wildman–Crippen LogP) is 2.96. The third kappa shape index (κ3) is 3.33. The van der Waals surface area contributed by atoms with E-state index in [-0.39, 0.29) is 5.82 Å². The highest BCUT2D eigenvalue weighted by atomic mass is 19.1. The molecule has 0 aliphatic heterocycles. The highest BCUT2D eigenvalue weighted by Crippen LogP contribution is 2.17. The van der Waals surface area contributed by atoms with Gasteiger partial charge in [0.25, 0.3) is 0 Å². The van der Waals surface area contributed by atoms with Gasteiger partial charge in [0.1, 0.15) is 11.6 Å². The molecule has 0 radical (unpaired) electrons. The van der Waals surface area contributed by atoms with Gasteiger partial charge in [-0.25, -0.2) is 4.39 Å². The molecule has 0 amide bonds. The van der Waals surface area contributed by atoms with Gasteiger partial charge in [0.05, 0.1) is 24.7 Å². The smallest absolute Gasteiger partial charge is 0.245 e. The number of hydrogen-bond donors (Lipinski definition) is 2. The molecule has 0 saturated heterocycles. The van der Waals surface area contributed by atoms with Crippen molar-refractivity contribution in [3.63, 3.8) is 0 Å². The molecule has 2 N–H and O–H groups in total. The van der Waals surface area contributed by atoms with Crippen molar-refractivity contribution in [1.82, 2.24) is 15.2 Å². The van der Waals surface area contributed by atoms with Crippen molar-refractivity contribution in [1.29, 1.82) is 0 Å². The van der Waals surface area contributed by atoms with E-state index in [2.05, 4.69) is 25.8 Å². The van der Waals surface area contributed by atoms with E-state index in [0.717, 1.165) is 5.76 Å². The van der Waals surface area contributed by atoms with Gasteiger partial charge in [0, 0.05) is 0 Å². The lowest BCUT2D eigenvalue weighted by molar-refractivity contribution is 0.517. The molecule has 3 aromatic rings. The molecular formula is C14H12FN5O. The second-order valence-electron chi connectivity index (χ2n) is 4.20. The van der Waals surface area contributed by atoms with Gasteiger partial charge in [-0.1, -0.05) is 12.1 Å². The first-order valence-corrected chi connectivity index (χ1v) is 6.29. The molecule has 0 saturated carbocycles. The van der Waals surface area contributed by atoms with Crippen LogP contribution in [-0.4, -0.2) is 15.2 Å². The molecule has 0 fully saturated rings. The summed E-state index contributed by atoms with van der Waals surface area (Å²) in [5, 5.41) is 13.5. The summed E-state index contributed by atoms with van der Waals surface area (Å²) in [5.74, 6) is 1.12. The van der Waals surface area contributed by atoms with Crippen LogP contribution in [0.4, 0.5) is 21.8 Å². The molecule has 7 heteroatoms. The number of hydrogen-bond acceptors (Lipinski definition) is 6. The molecule has 6 nitrogen and oxygen atoms in total. The predicted molar refractivity (Wildman–Crippen MR) is 75.5 cm³/mol. The van der Waals surface area contributed by atoms with Crippen molar-refractivity contribution in [2.75, 3.05) is 10.6 Å². The van der Waals surface area contributed by atoms with Crippen molar-refractivity contribution in [2.45, 2.75) is 6.54 Å². The van der Waals surface area contributed by atoms with E-state index < -0.39 is 0 Å². The zero-order chi connectivity index (χ0) is 14.5. The fourth-order valence-electron chi connectivity index (χ4n) is 1.72. The summed E-state index contributed by atoms with van der Waals surface area (Å²) in [4.78, 5) is 4.20. The first kappa shape index (κ1) is 13.0. The highest BCUT2D eigenvalue weighted by Gasteiger charge is 2.05. The Morgan fingerprint density at radius 1 is 1.14 bits per heavy atom. The van der Waals surface area contributed by atoms with Crippen LogP contribution in [0, 0.1) is 5.82 Å². The van der Waals surface area contributed by atoms with E-state index in [1.807, 2.05) is 6.07 Å². The molecule has 2 aromatic heterocycles. The van der Waals surface area contributed by atoms with Gasteiger partial charge in [-0.2, -0.15) is 10.1 Å². The number of anilines is 3. The Morgan fingerprint density at radius 3 is 2.86 bits per heavy atom. The number of halogens is 1. The maximum absolute atomic E-state index is 13.6. The minimum absolute atomic E-state index is 0.327. The van der Waals surface area contributed by atoms with Crippen molar-refractivity contribution in [2.24, 2.45) is 0 Å². The van der Waals surface area contributed by atoms with E-state index >= 15 is 0 Å². The summed E-state index contributed by atoms with van der Waals surface area (Å²) in [6.45, 7) is 0.442. The zero-order valence-corrected chi connectivity index (χ0v) is 11.0. The summed E-state index contributed by atoms with van der Waals surface area (Å²) >= 11 is 0. The second-order valence-corrected chi connectivity index (χ2v) is 4.20. The van der Waals surface area contributed by atoms with E-state index in [9.17, 15) is 4.39 Å². The van der Waals surface area contributed by atoms with E-state index in [4.69, 9.17) is 4.42 Å². The van der Waals surface area contributed by atoms with Crippen LogP contribution < -0.4 is 10.6 Å². The molecule has 0 aliphatic carbocycles. The minimum atomic E-state index is -0.360. The SMILES string of the molecule is Fc1ccccc1Nc1cnnc(NCc2ccco2)n1. The van der Waals surface area contributed by atoms with Crippen LogP contribution in [0.25, 0.3) is 0 Å². The van der Waals surface area contributed by atoms with Crippen molar-refractivity contribution < 1.29 is 8.81 Å². The first-order valence-electron chi connectivity index (χ1n) is 6.29. The first-order chi connectivity index (χ1) is 10.3. The molecule has 0 bridgehead atoms. The molecule has 1 aromatic carbocycles. The molecule has 21 heavy (non-hydrogen) atoms. The Balaban J connectivity index is 1.70. The molecule has 0 unspecified atom stereocenters. The summed E-state index contributed by atoms with van der Waals surface area (Å²) in [7, 11) is 0. The number of rotatable bonds is 5. The van der Waals surface area contributed by atoms with Crippen molar-refractivity contribution >= 4 is 17.5 Å². The fourth-order valence-corrected chi connectivity index (χ4v) is 1.72. The standard InChI is InChI=1S/C14H12FN5O/c15-11-5-1-2-6-12(11)18-13-9-17-20-14(19-13)16-8-10-4-3-7-21-10/h1-7,9H,8H2,(H2,16,18,19,20). The third-order valence-corrected chi connectivity index (χ3v) is 2.70. The molecule has 2 heterocycles. The normalized spacial score (nSPS) is 10.3. The summed E-state index contributed by atoms with van der Waals surface area (Å²) in [6.07, 6.45) is 3.01. The van der Waals surface area contributed by atoms with Crippen LogP contribution in [0.3, 0.4) is 0 Å². The van der Waals surface area contributed by atoms with Gasteiger partial charge >= 0.3 is 0 Å². The summed E-state index contributed by atoms with van der Waals surface area (Å²) in [5.41, 5.74) is 0.329. The van der Waals surface area contributed by atoms with Crippen LogP contribution in [0.15, 0.2) is 53.3 Å². The van der Waals surface area contributed by atoms with Gasteiger partial charge in [0.15, 0.2) is 5.82 Å². The average Bonchev–Trinajstić information content (AvgIpc) is 3.01. The minimum Gasteiger partial charge on any atom is -0.467 e. The van der Waals surface area contributed by atoms with Gasteiger partial charge < -0.3 is 15.1 Å². The molecular weight excluding hydrogens is 273 g/mol. The van der Waals surface area contributed by atoms with Gasteiger partial charge in [-0.05, 0) is 24.3 Å². The third-order valence-electron chi connectivity index (χ3n) is 2.70. The number of nitrogens with zero attached hydrogens (tertiary/aromatic N) is 3. The lowest BCUT2D eigenvalue weighted by Crippen LogP contribution is -2.06. The van der Waals surface area contributed by atoms with Crippen LogP contribution in [0.1, 0.15) is 5.76 Å². The number of nitrogens with one attached hydrogen (secondary N) is 2. The van der Waals surface area contributed by atoms with E-state index in [0.29, 0.717) is 24.0 Å². The van der Waals surface area contributed by atoms with E-state index in [1.165, 1.54) is 12.3 Å². The number of benzene rings is 1. The summed E-state index contributed by atoms with van der Waals surface area (Å²) in [6, 6.07) is 9.97. The average molecular weight is 285 g/mol. The maximum Gasteiger partial charge on any atom is 0.245 e. The topological polar surface area (TPSA) is 75.9 Å². The molecule has 0 aliphatic rings.